The van der Waals surface area contributed by atoms with E-state index in [-0.39, 0.29) is 6.04 Å². The Labute approximate surface area is 179 Å². The third-order valence-corrected chi connectivity index (χ3v) is 6.88. The van der Waals surface area contributed by atoms with Crippen LogP contribution in [0, 0.1) is 0 Å². The van der Waals surface area contributed by atoms with Crippen molar-refractivity contribution in [2.24, 2.45) is 5.73 Å². The number of amides is 1. The lowest BCUT2D eigenvalue weighted by Crippen LogP contribution is -2.29. The number of hydrogen-bond donors (Lipinski definition) is 2. The number of nitrogens with zero attached hydrogens (tertiary/aromatic N) is 1. The van der Waals surface area contributed by atoms with E-state index in [0.29, 0.717) is 39.2 Å². The minimum Gasteiger partial charge on any atom is -0.382 e. The zero-order valence-electron chi connectivity index (χ0n) is 16.6. The molecule has 0 spiro atoms. The summed E-state index contributed by atoms with van der Waals surface area (Å²) in [4.78, 5) is 11.3. The average Bonchev–Trinajstić information content (AvgIpc) is 3.08. The van der Waals surface area contributed by atoms with Gasteiger partial charge in [0.2, 0.25) is 5.91 Å². The van der Waals surface area contributed by atoms with Crippen molar-refractivity contribution >= 4 is 33.3 Å². The van der Waals surface area contributed by atoms with E-state index in [2.05, 4.69) is 5.32 Å². The van der Waals surface area contributed by atoms with E-state index in [1.165, 1.54) is 16.7 Å². The zero-order valence-corrected chi connectivity index (χ0v) is 17.4. The van der Waals surface area contributed by atoms with Gasteiger partial charge in [0.05, 0.1) is 5.52 Å². The minimum atomic E-state index is -4.40. The summed E-state index contributed by atoms with van der Waals surface area (Å²) < 4.78 is 53.1. The standard InChI is InChI=1S/C22H22F3N3O2S/c23-22(24,25)13-28-19-3-1-2-18(27-16-8-10-31(30)11-9-16)17(19)12-20(28)14-4-6-15(7-5-14)21(26)29/h1-7,12,16,27H,8-11,13H2,(H2,26,29). The molecule has 0 saturated carbocycles. The van der Waals surface area contributed by atoms with Gasteiger partial charge in [-0.15, -0.1) is 0 Å². The zero-order chi connectivity index (χ0) is 22.2. The third kappa shape index (κ3) is 4.76. The largest absolute Gasteiger partial charge is 0.406 e. The van der Waals surface area contributed by atoms with Crippen LogP contribution in [0.4, 0.5) is 18.9 Å². The molecular weight excluding hydrogens is 427 g/mol. The first kappa shape index (κ1) is 21.4. The highest BCUT2D eigenvalue weighted by Crippen LogP contribution is 2.35. The maximum absolute atomic E-state index is 13.4. The molecule has 1 amide bonds. The van der Waals surface area contributed by atoms with Crippen LogP contribution in [0.3, 0.4) is 0 Å². The number of nitrogens with two attached hydrogens (primary N) is 1. The Morgan fingerprint density at radius 2 is 1.81 bits per heavy atom. The summed E-state index contributed by atoms with van der Waals surface area (Å²) in [7, 11) is -0.789. The molecule has 1 saturated heterocycles. The van der Waals surface area contributed by atoms with Gasteiger partial charge in [-0.25, -0.2) is 0 Å². The molecule has 5 nitrogen and oxygen atoms in total. The number of aromatic nitrogens is 1. The molecule has 1 aromatic heterocycles. The molecule has 1 aliphatic heterocycles. The molecule has 3 N–H and O–H groups in total. The van der Waals surface area contributed by atoms with Crippen molar-refractivity contribution < 1.29 is 22.2 Å². The molecule has 0 bridgehead atoms. The molecule has 0 aliphatic carbocycles. The lowest BCUT2D eigenvalue weighted by atomic mass is 10.1. The van der Waals surface area contributed by atoms with E-state index in [1.807, 2.05) is 6.07 Å². The summed E-state index contributed by atoms with van der Waals surface area (Å²) in [5.74, 6) is 0.655. The molecule has 0 atom stereocenters. The fourth-order valence-electron chi connectivity index (χ4n) is 3.96. The monoisotopic (exact) mass is 449 g/mol. The number of alkyl halides is 3. The van der Waals surface area contributed by atoms with Crippen LogP contribution < -0.4 is 11.1 Å². The predicted molar refractivity (Wildman–Crippen MR) is 116 cm³/mol. The SMILES string of the molecule is NC(=O)c1ccc(-c2cc3c(NC4CCS(=O)CC4)cccc3n2CC(F)(F)F)cc1. The Bertz CT molecular complexity index is 1130. The molecule has 164 valence electrons. The minimum absolute atomic E-state index is 0.132. The van der Waals surface area contributed by atoms with E-state index in [4.69, 9.17) is 5.73 Å². The first-order valence-electron chi connectivity index (χ1n) is 9.92. The fraction of sp³-hybridized carbons (Fsp3) is 0.318. The van der Waals surface area contributed by atoms with Crippen LogP contribution >= 0.6 is 0 Å². The second-order valence-corrected chi connectivity index (χ2v) is 9.37. The predicted octanol–water partition coefficient (Wildman–Crippen LogP) is 4.29. The molecule has 3 aromatic rings. The van der Waals surface area contributed by atoms with Gasteiger partial charge in [0.25, 0.3) is 0 Å². The Kier molecular flexibility index (Phi) is 5.79. The summed E-state index contributed by atoms with van der Waals surface area (Å²) in [5, 5.41) is 4.12. The number of halogens is 3. The fourth-order valence-corrected chi connectivity index (χ4v) is 5.26. The van der Waals surface area contributed by atoms with Gasteiger partial charge >= 0.3 is 6.18 Å². The van der Waals surface area contributed by atoms with E-state index in [1.54, 1.807) is 30.3 Å². The first-order chi connectivity index (χ1) is 14.7. The quantitative estimate of drug-likeness (QED) is 0.610. The Balaban J connectivity index is 1.78. The van der Waals surface area contributed by atoms with Crippen molar-refractivity contribution in [2.45, 2.75) is 31.6 Å². The van der Waals surface area contributed by atoms with Gasteiger partial charge in [0.1, 0.15) is 6.54 Å². The van der Waals surface area contributed by atoms with E-state index < -0.39 is 29.4 Å². The highest BCUT2D eigenvalue weighted by Gasteiger charge is 2.30. The normalized spacial score (nSPS) is 19.5. The molecule has 4 rings (SSSR count). The van der Waals surface area contributed by atoms with Crippen molar-refractivity contribution in [3.05, 3.63) is 54.1 Å². The number of hydrogen-bond acceptors (Lipinski definition) is 3. The number of nitrogens with one attached hydrogen (secondary N) is 1. The van der Waals surface area contributed by atoms with E-state index in [9.17, 15) is 22.2 Å². The second kappa shape index (κ2) is 8.37. The van der Waals surface area contributed by atoms with Gasteiger partial charge in [-0.2, -0.15) is 13.2 Å². The van der Waals surface area contributed by atoms with Crippen LogP contribution in [0.2, 0.25) is 0 Å². The van der Waals surface area contributed by atoms with Crippen LogP contribution in [0.25, 0.3) is 22.2 Å². The number of benzene rings is 2. The second-order valence-electron chi connectivity index (χ2n) is 7.68. The molecule has 0 radical (unpaired) electrons. The number of carbonyl (C=O) groups excluding carboxylic acids is 1. The lowest BCUT2D eigenvalue weighted by Gasteiger charge is -2.24. The van der Waals surface area contributed by atoms with Gasteiger partial charge in [-0.1, -0.05) is 18.2 Å². The summed E-state index contributed by atoms with van der Waals surface area (Å²) in [6, 6.07) is 13.4. The van der Waals surface area contributed by atoms with Gasteiger partial charge in [0.15, 0.2) is 0 Å². The van der Waals surface area contributed by atoms with E-state index in [0.717, 1.165) is 18.5 Å². The van der Waals surface area contributed by atoms with Gasteiger partial charge in [-0.05, 0) is 48.7 Å². The lowest BCUT2D eigenvalue weighted by molar-refractivity contribution is -0.139. The number of carbonyl (C=O) groups is 1. The average molecular weight is 449 g/mol. The molecular formula is C22H22F3N3O2S. The van der Waals surface area contributed by atoms with Crippen LogP contribution in [0.15, 0.2) is 48.5 Å². The van der Waals surface area contributed by atoms with Crippen molar-refractivity contribution in [3.8, 4) is 11.3 Å². The van der Waals surface area contributed by atoms with Gasteiger partial charge < -0.3 is 15.6 Å². The van der Waals surface area contributed by atoms with Crippen LogP contribution in [-0.4, -0.2) is 38.4 Å². The first-order valence-corrected chi connectivity index (χ1v) is 11.4. The molecule has 9 heteroatoms. The highest BCUT2D eigenvalue weighted by molar-refractivity contribution is 7.85. The Morgan fingerprint density at radius 1 is 1.13 bits per heavy atom. The van der Waals surface area contributed by atoms with Crippen LogP contribution in [0.5, 0.6) is 0 Å². The number of anilines is 1. The number of primary amides is 1. The number of fused-ring (bicyclic) bond motifs is 1. The summed E-state index contributed by atoms with van der Waals surface area (Å²) in [5.41, 5.74) is 7.75. The summed E-state index contributed by atoms with van der Waals surface area (Å²) in [6.45, 7) is -1.13. The topological polar surface area (TPSA) is 77.1 Å². The van der Waals surface area contributed by atoms with Crippen LogP contribution in [-0.2, 0) is 17.3 Å². The van der Waals surface area contributed by atoms with Crippen molar-refractivity contribution in [1.82, 2.24) is 4.57 Å². The smallest absolute Gasteiger partial charge is 0.382 e. The van der Waals surface area contributed by atoms with Crippen LogP contribution in [0.1, 0.15) is 23.2 Å². The number of rotatable bonds is 5. The highest BCUT2D eigenvalue weighted by atomic mass is 32.2. The van der Waals surface area contributed by atoms with E-state index >= 15 is 0 Å². The summed E-state index contributed by atoms with van der Waals surface area (Å²) >= 11 is 0. The van der Waals surface area contributed by atoms with Crippen molar-refractivity contribution in [3.63, 3.8) is 0 Å². The van der Waals surface area contributed by atoms with Crippen molar-refractivity contribution in [2.75, 3.05) is 16.8 Å². The summed E-state index contributed by atoms with van der Waals surface area (Å²) in [6.07, 6.45) is -2.88. The maximum Gasteiger partial charge on any atom is 0.406 e. The molecule has 2 heterocycles. The molecule has 0 unspecified atom stereocenters. The molecule has 31 heavy (non-hydrogen) atoms. The maximum atomic E-state index is 13.4. The van der Waals surface area contributed by atoms with Gasteiger partial charge in [-0.3, -0.25) is 9.00 Å². The third-order valence-electron chi connectivity index (χ3n) is 5.50. The Morgan fingerprint density at radius 3 is 2.42 bits per heavy atom. The Hall–Kier alpha value is -2.81. The molecule has 1 aliphatic rings. The molecule has 1 fully saturated rings. The van der Waals surface area contributed by atoms with Gasteiger partial charge in [0, 0.05) is 50.7 Å². The van der Waals surface area contributed by atoms with Crippen molar-refractivity contribution in [1.29, 1.82) is 0 Å². The molecule has 2 aromatic carbocycles.